The van der Waals surface area contributed by atoms with Crippen molar-refractivity contribution in [2.24, 2.45) is 0 Å². The number of aromatic nitrogens is 2. The average molecular weight is 261 g/mol. The summed E-state index contributed by atoms with van der Waals surface area (Å²) in [5.41, 5.74) is 1.23. The van der Waals surface area contributed by atoms with Gasteiger partial charge in [0.1, 0.15) is 17.3 Å². The first-order valence-corrected chi connectivity index (χ1v) is 6.06. The number of nitrogens with one attached hydrogen (secondary N) is 1. The second kappa shape index (κ2) is 5.65. The van der Waals surface area contributed by atoms with Crippen molar-refractivity contribution in [3.05, 3.63) is 36.4 Å². The van der Waals surface area contributed by atoms with E-state index in [9.17, 15) is 4.39 Å². The highest BCUT2D eigenvalue weighted by Gasteiger charge is 2.10. The molecule has 4 nitrogen and oxygen atoms in total. The summed E-state index contributed by atoms with van der Waals surface area (Å²) < 4.78 is 19.2. The average Bonchev–Trinajstić information content (AvgIpc) is 2.37. The van der Waals surface area contributed by atoms with E-state index in [-0.39, 0.29) is 11.9 Å². The molecule has 1 aromatic heterocycles. The second-order valence-electron chi connectivity index (χ2n) is 4.35. The van der Waals surface area contributed by atoms with Gasteiger partial charge in [0.15, 0.2) is 5.82 Å². The van der Waals surface area contributed by atoms with E-state index in [4.69, 9.17) is 4.74 Å². The van der Waals surface area contributed by atoms with Crippen LogP contribution in [0.4, 0.5) is 10.2 Å². The highest BCUT2D eigenvalue weighted by atomic mass is 19.1. The molecule has 0 radical (unpaired) electrons. The molecule has 1 N–H and O–H groups in total. The van der Waals surface area contributed by atoms with E-state index in [0.717, 1.165) is 0 Å². The van der Waals surface area contributed by atoms with Gasteiger partial charge in [0.2, 0.25) is 0 Å². The maximum atomic E-state index is 13.7. The van der Waals surface area contributed by atoms with Crippen molar-refractivity contribution in [3.63, 3.8) is 0 Å². The fourth-order valence-electron chi connectivity index (χ4n) is 1.77. The van der Waals surface area contributed by atoms with Crippen molar-refractivity contribution >= 4 is 5.82 Å². The summed E-state index contributed by atoms with van der Waals surface area (Å²) in [5, 5.41) is 2.94. The van der Waals surface area contributed by atoms with Gasteiger partial charge in [-0.15, -0.1) is 0 Å². The summed E-state index contributed by atoms with van der Waals surface area (Å²) in [7, 11) is 1.75. The monoisotopic (exact) mass is 261 g/mol. The number of hydrogen-bond donors (Lipinski definition) is 1. The number of hydrogen-bond acceptors (Lipinski definition) is 4. The third-order valence-corrected chi connectivity index (χ3v) is 2.45. The number of anilines is 1. The van der Waals surface area contributed by atoms with Crippen LogP contribution >= 0.6 is 0 Å². The van der Waals surface area contributed by atoms with Crippen LogP contribution in [0.3, 0.4) is 0 Å². The Kier molecular flexibility index (Phi) is 3.94. The SMILES string of the molecule is CNc1nccnc1-c1cc(F)cc(OC(C)C)c1. The van der Waals surface area contributed by atoms with Gasteiger partial charge in [-0.1, -0.05) is 0 Å². The van der Waals surface area contributed by atoms with Gasteiger partial charge in [-0.05, 0) is 26.0 Å². The molecule has 0 saturated heterocycles. The molecule has 100 valence electrons. The second-order valence-corrected chi connectivity index (χ2v) is 4.35. The number of rotatable bonds is 4. The van der Waals surface area contributed by atoms with Gasteiger partial charge < -0.3 is 10.1 Å². The van der Waals surface area contributed by atoms with Crippen molar-refractivity contribution in [3.8, 4) is 17.0 Å². The van der Waals surface area contributed by atoms with Crippen LogP contribution in [0.5, 0.6) is 5.75 Å². The lowest BCUT2D eigenvalue weighted by Crippen LogP contribution is -2.06. The number of halogens is 1. The Morgan fingerprint density at radius 1 is 1.16 bits per heavy atom. The predicted molar refractivity (Wildman–Crippen MR) is 72.7 cm³/mol. The molecule has 2 aromatic rings. The van der Waals surface area contributed by atoms with E-state index in [1.807, 2.05) is 13.8 Å². The Hall–Kier alpha value is -2.17. The lowest BCUT2D eigenvalue weighted by Gasteiger charge is -2.12. The first-order chi connectivity index (χ1) is 9.10. The van der Waals surface area contributed by atoms with Crippen LogP contribution in [0.1, 0.15) is 13.8 Å². The predicted octanol–water partition coefficient (Wildman–Crippen LogP) is 3.11. The highest BCUT2D eigenvalue weighted by molar-refractivity contribution is 5.72. The minimum atomic E-state index is -0.360. The normalized spacial score (nSPS) is 10.6. The van der Waals surface area contributed by atoms with E-state index in [0.29, 0.717) is 22.8 Å². The van der Waals surface area contributed by atoms with Crippen LogP contribution in [-0.4, -0.2) is 23.1 Å². The first-order valence-electron chi connectivity index (χ1n) is 6.06. The van der Waals surface area contributed by atoms with E-state index in [1.54, 1.807) is 25.5 Å². The van der Waals surface area contributed by atoms with Crippen LogP contribution in [0.25, 0.3) is 11.3 Å². The summed E-state index contributed by atoms with van der Waals surface area (Å²) in [4.78, 5) is 8.39. The third kappa shape index (κ3) is 3.19. The van der Waals surface area contributed by atoms with Crippen LogP contribution in [-0.2, 0) is 0 Å². The highest BCUT2D eigenvalue weighted by Crippen LogP contribution is 2.28. The van der Waals surface area contributed by atoms with Crippen LogP contribution in [0.2, 0.25) is 0 Å². The summed E-state index contributed by atoms with van der Waals surface area (Å²) in [6.45, 7) is 3.79. The number of benzene rings is 1. The molecule has 0 saturated carbocycles. The van der Waals surface area contributed by atoms with Crippen LogP contribution in [0, 0.1) is 5.82 Å². The van der Waals surface area contributed by atoms with E-state index in [2.05, 4.69) is 15.3 Å². The Labute approximate surface area is 111 Å². The summed E-state index contributed by atoms with van der Waals surface area (Å²) in [6.07, 6.45) is 3.14. The fourth-order valence-corrected chi connectivity index (χ4v) is 1.77. The summed E-state index contributed by atoms with van der Waals surface area (Å²) in [6, 6.07) is 4.53. The standard InChI is InChI=1S/C14H16FN3O/c1-9(2)19-12-7-10(6-11(15)8-12)13-14(16-3)18-5-4-17-13/h4-9H,1-3H3,(H,16,18). The lowest BCUT2D eigenvalue weighted by molar-refractivity contribution is 0.241. The Morgan fingerprint density at radius 2 is 1.89 bits per heavy atom. The minimum absolute atomic E-state index is 0.0136. The summed E-state index contributed by atoms with van der Waals surface area (Å²) in [5.74, 6) is 0.724. The molecule has 2 rings (SSSR count). The molecule has 0 bridgehead atoms. The molecule has 19 heavy (non-hydrogen) atoms. The minimum Gasteiger partial charge on any atom is -0.491 e. The first kappa shape index (κ1) is 13.3. The maximum absolute atomic E-state index is 13.7. The van der Waals surface area contributed by atoms with Gasteiger partial charge >= 0.3 is 0 Å². The molecule has 1 heterocycles. The van der Waals surface area contributed by atoms with Gasteiger partial charge in [-0.2, -0.15) is 0 Å². The van der Waals surface area contributed by atoms with E-state index in [1.165, 1.54) is 12.1 Å². The van der Waals surface area contributed by atoms with Crippen molar-refractivity contribution in [1.29, 1.82) is 0 Å². The third-order valence-electron chi connectivity index (χ3n) is 2.45. The molecule has 0 amide bonds. The lowest BCUT2D eigenvalue weighted by atomic mass is 10.1. The zero-order chi connectivity index (χ0) is 13.8. The van der Waals surface area contributed by atoms with Gasteiger partial charge in [-0.3, -0.25) is 4.98 Å². The Morgan fingerprint density at radius 3 is 2.58 bits per heavy atom. The van der Waals surface area contributed by atoms with E-state index < -0.39 is 0 Å². The summed E-state index contributed by atoms with van der Waals surface area (Å²) >= 11 is 0. The molecule has 0 aliphatic rings. The Bertz CT molecular complexity index is 572. The van der Waals surface area contributed by atoms with Crippen molar-refractivity contribution < 1.29 is 9.13 Å². The molecule has 0 atom stereocenters. The topological polar surface area (TPSA) is 47.0 Å². The number of nitrogens with zero attached hydrogens (tertiary/aromatic N) is 2. The Balaban J connectivity index is 2.47. The zero-order valence-corrected chi connectivity index (χ0v) is 11.1. The molecular weight excluding hydrogens is 245 g/mol. The van der Waals surface area contributed by atoms with E-state index >= 15 is 0 Å². The maximum Gasteiger partial charge on any atom is 0.152 e. The number of ether oxygens (including phenoxy) is 1. The van der Waals surface area contributed by atoms with Crippen LogP contribution in [0.15, 0.2) is 30.6 Å². The molecule has 0 aliphatic heterocycles. The molecule has 0 fully saturated rings. The zero-order valence-electron chi connectivity index (χ0n) is 11.1. The van der Waals surface area contributed by atoms with Crippen molar-refractivity contribution in [2.45, 2.75) is 20.0 Å². The fraction of sp³-hybridized carbons (Fsp3) is 0.286. The van der Waals surface area contributed by atoms with Gasteiger partial charge in [0, 0.05) is 31.1 Å². The van der Waals surface area contributed by atoms with Gasteiger partial charge in [0.25, 0.3) is 0 Å². The van der Waals surface area contributed by atoms with Gasteiger partial charge in [-0.25, -0.2) is 9.37 Å². The van der Waals surface area contributed by atoms with Gasteiger partial charge in [0.05, 0.1) is 6.10 Å². The molecule has 1 aromatic carbocycles. The smallest absolute Gasteiger partial charge is 0.152 e. The molecular formula is C14H16FN3O. The van der Waals surface area contributed by atoms with Crippen LogP contribution < -0.4 is 10.1 Å². The molecule has 5 heteroatoms. The molecule has 0 spiro atoms. The molecule has 0 unspecified atom stereocenters. The quantitative estimate of drug-likeness (QED) is 0.918. The van der Waals surface area contributed by atoms with Crippen molar-refractivity contribution in [1.82, 2.24) is 9.97 Å². The molecule has 0 aliphatic carbocycles. The van der Waals surface area contributed by atoms with Crippen molar-refractivity contribution in [2.75, 3.05) is 12.4 Å². The largest absolute Gasteiger partial charge is 0.491 e.